The molecule has 22 nitrogen and oxygen atoms in total. The average molecular weight is 2030 g/mol. The van der Waals surface area contributed by atoms with E-state index in [0.29, 0.717) is 100 Å². The normalized spacial score (nSPS) is 48.0. The topological polar surface area (TPSA) is 337 Å². The van der Waals surface area contributed by atoms with Crippen molar-refractivity contribution >= 4 is 47.0 Å². The number of carbonyl (C=O) groups excluding carboxylic acids is 6. The number of allylic oxidation sites excluding steroid dienone is 9. The SMILES string of the molecule is C.C.C.C.C[C@@H]1c2oncc2C[C@]2(C)C3=CC(=O)[C@@H]4[C@@H]5CC(C)(C)CC[C@]5(C(=O)O)CC[C@@]4(C)[C@]3(C)CC[C@@H]12.C[C@@H]1c2oncc2C[C@]2(C)C3=CC(=O)[C@]45OC(=O)[C@@]6(CCC(C)(C)C[C@H]64)CC[C@@]5(C)[C@]3(C)CC[C@@H]12.[C-]#[N+]C1=C(O)[C@@H](C)[C@@H]2CC[C@]3(C)C(=CC(=O)[C@]4(O)[C@@H]5CC(C)(C)CC[C@]5(C(=O)O)CC[C@@]34C)[C@@]2(C)C1.[C-]#[N+]C1=C(O)[C@@H](C)[C@@H]2CC[C@]3(C)C(=CC(=O)[C@]4(O)[C@@H]5CC(C)(C)CC[C@]5(C(=O)OC)CC[C@@]34C)[C@@]2(C)C1. The third kappa shape index (κ3) is 13.7. The minimum absolute atomic E-state index is 0. The molecule has 12 saturated carbocycles. The van der Waals surface area contributed by atoms with Crippen molar-refractivity contribution in [3.05, 3.63) is 127 Å². The van der Waals surface area contributed by atoms with Crippen molar-refractivity contribution in [1.29, 1.82) is 0 Å². The van der Waals surface area contributed by atoms with Gasteiger partial charge in [-0.3, -0.25) is 38.4 Å². The van der Waals surface area contributed by atoms with Crippen molar-refractivity contribution in [2.75, 3.05) is 7.11 Å². The van der Waals surface area contributed by atoms with Gasteiger partial charge in [0.05, 0.1) is 65.8 Å². The van der Waals surface area contributed by atoms with Gasteiger partial charge in [-0.15, -0.1) is 0 Å². The van der Waals surface area contributed by atoms with Crippen LogP contribution in [0.4, 0.5) is 0 Å². The first-order valence-corrected chi connectivity index (χ1v) is 55.0. The lowest BCUT2D eigenvalue weighted by atomic mass is 9.33. The highest BCUT2D eigenvalue weighted by Crippen LogP contribution is 2.84. The van der Waals surface area contributed by atoms with Gasteiger partial charge in [0.1, 0.15) is 22.7 Å². The van der Waals surface area contributed by atoms with E-state index < -0.39 is 100 Å². The van der Waals surface area contributed by atoms with Crippen molar-refractivity contribution in [3.8, 4) is 0 Å². The molecule has 0 amide bonds. The summed E-state index contributed by atoms with van der Waals surface area (Å²) in [7, 11) is 1.41. The molecule has 0 radical (unpaired) electrons. The summed E-state index contributed by atoms with van der Waals surface area (Å²) < 4.78 is 23.2. The third-order valence-electron chi connectivity index (χ3n) is 50.1. The average Bonchev–Trinajstić information content (AvgIpc) is 1.64. The van der Waals surface area contributed by atoms with E-state index in [-0.39, 0.29) is 178 Å². The standard InChI is InChI=1S/C31H43NO5.C30H41NO5.C30H39NO4.C30H41NO4.4CH4/c1-18-19-9-10-28(5)21(27(19,4)16-20(32-7)24(18)34)15-23(33)31(36)22-17-26(2,3)11-13-30(22,25(35)37-8)14-12-29(28,31)6;1-17-18-8-9-27(5)20(26(18,4)15-19(31-7)23(17)33)14-22(32)30(36)21-16-25(2,3)10-12-29(21,24(34)35)13-11-28(27,30)6;1-17-19-7-8-27(5)20(26(19,4)14-18-16-31-35-23(17)18)13-22(32)30-21-15-25(2,3)9-11-29(21,24(33)34-30)12-10-28(27,30)6;1-17-19-7-8-28(5)22(27(19,4)14-18-16-31-35-24(17)18)13-21(32)23-20-15-26(2,3)9-11-30(20,25(33)34)12-10-29(23,28)6;;;;/h15,18-19,22,34,36H,9-14,16-17H2,1-6,8H3;14,17-18,21,33,36H,8-13,15-16H2,1-6H3,(H,34,35);13,16-17,19,21H,7-12,14-15H2,1-6H3;13,16-17,19-20,23H,7-12,14-15H2,1-6H3,(H,33,34);4*1H4/t18-,19-,22+,27-,28+,29-,30-,31+;17-,18-,21+,26-,27+,28-,29-,30+;17-,19-,21+,26-,27+,28-,29-,30+;17-,19-,20-,23-,27-,28+,29+,30-;;;;/m0000..../s1. The molecule has 2 aromatic heterocycles. The van der Waals surface area contributed by atoms with E-state index in [0.717, 1.165) is 151 Å². The van der Waals surface area contributed by atoms with Gasteiger partial charge in [0.2, 0.25) is 11.4 Å². The molecular weight excluding hydrogens is 1850 g/mol. The van der Waals surface area contributed by atoms with E-state index in [9.17, 15) is 69.0 Å². The van der Waals surface area contributed by atoms with Crippen LogP contribution in [0, 0.1) is 187 Å². The summed E-state index contributed by atoms with van der Waals surface area (Å²) in [6.07, 6.45) is 35.4. The van der Waals surface area contributed by atoms with Crippen molar-refractivity contribution in [1.82, 2.24) is 10.3 Å². The zero-order valence-electron chi connectivity index (χ0n) is 90.5. The second-order valence-corrected chi connectivity index (χ2v) is 57.5. The molecule has 22 heteroatoms. The number of aliphatic hydroxyl groups is 4. The molecule has 3 heterocycles. The number of esters is 2. The Morgan fingerprint density at radius 2 is 0.735 bits per heavy atom. The number of carbonyl (C=O) groups is 8. The van der Waals surface area contributed by atoms with Gasteiger partial charge in [0, 0.05) is 74.7 Å². The predicted octanol–water partition coefficient (Wildman–Crippen LogP) is 27.5. The Morgan fingerprint density at radius 3 is 1.17 bits per heavy atom. The Hall–Kier alpha value is -8.08. The number of hydrogen-bond acceptors (Lipinski definition) is 18. The quantitative estimate of drug-likeness (QED) is 0.123. The van der Waals surface area contributed by atoms with Crippen molar-refractivity contribution in [2.24, 2.45) is 173 Å². The maximum atomic E-state index is 14.5. The Bertz CT molecular complexity index is 6140. The molecule has 23 rings (SSSR count). The van der Waals surface area contributed by atoms with Crippen LogP contribution in [0.2, 0.25) is 0 Å². The lowest BCUT2D eigenvalue weighted by molar-refractivity contribution is -0.248. The highest BCUT2D eigenvalue weighted by molar-refractivity contribution is 6.06. The number of aliphatic carboxylic acids is 2. The summed E-state index contributed by atoms with van der Waals surface area (Å²) in [6.45, 7) is 68.5. The minimum Gasteiger partial charge on any atom is -0.523 e. The van der Waals surface area contributed by atoms with Crippen LogP contribution in [0.3, 0.4) is 0 Å². The molecule has 32 atom stereocenters. The summed E-state index contributed by atoms with van der Waals surface area (Å²) in [5.74, 6) is -0.142. The summed E-state index contributed by atoms with van der Waals surface area (Å²) in [5, 5.41) is 76.2. The summed E-state index contributed by atoms with van der Waals surface area (Å²) in [6, 6.07) is 0. The molecule has 0 aromatic carbocycles. The largest absolute Gasteiger partial charge is 0.523 e. The first-order chi connectivity index (χ1) is 66.3. The maximum Gasteiger partial charge on any atom is 0.313 e. The number of carboxylic acid groups (broad SMARTS) is 2. The molecule has 21 aliphatic rings. The van der Waals surface area contributed by atoms with Gasteiger partial charge in [-0.25, -0.2) is 9.69 Å². The molecule has 1 aliphatic heterocycles. The predicted molar refractivity (Wildman–Crippen MR) is 565 cm³/mol. The van der Waals surface area contributed by atoms with Crippen molar-refractivity contribution in [3.63, 3.8) is 0 Å². The fraction of sp³-hybridized carbons (Fsp3) is 0.776. The number of fused-ring (bicyclic) bond motifs is 27. The number of methoxy groups -OCH3 is 1. The molecule has 13 fully saturated rings. The molecule has 6 N–H and O–H groups in total. The van der Waals surface area contributed by atoms with Gasteiger partial charge in [-0.05, 0) is 330 Å². The first-order valence-electron chi connectivity index (χ1n) is 55.0. The zero-order chi connectivity index (χ0) is 104. The Balaban J connectivity index is 0.000000139. The number of hydrogen-bond donors (Lipinski definition) is 6. The van der Waals surface area contributed by atoms with E-state index in [1.54, 1.807) is 12.2 Å². The van der Waals surface area contributed by atoms with Crippen LogP contribution in [0.15, 0.2) is 90.9 Å². The van der Waals surface area contributed by atoms with E-state index in [4.69, 9.17) is 31.7 Å². The van der Waals surface area contributed by atoms with E-state index in [1.165, 1.54) is 29.4 Å². The number of ether oxygens (including phenoxy) is 2. The molecule has 20 aliphatic carbocycles. The zero-order valence-corrected chi connectivity index (χ0v) is 90.5. The van der Waals surface area contributed by atoms with Gasteiger partial charge in [0.15, 0.2) is 28.7 Å². The molecule has 1 saturated heterocycles. The molecule has 2 aromatic rings. The third-order valence-corrected chi connectivity index (χ3v) is 50.1. The van der Waals surface area contributed by atoms with Crippen molar-refractivity contribution in [2.45, 2.75) is 430 Å². The minimum atomic E-state index is -1.76. The number of aromatic nitrogens is 2. The lowest BCUT2D eigenvalue weighted by Crippen LogP contribution is -2.74. The summed E-state index contributed by atoms with van der Waals surface area (Å²) in [4.78, 5) is 117. The van der Waals surface area contributed by atoms with Gasteiger partial charge >= 0.3 is 23.9 Å². The van der Waals surface area contributed by atoms with E-state index in [1.807, 2.05) is 45.3 Å². The van der Waals surface area contributed by atoms with Gasteiger partial charge in [-0.2, -0.15) is 0 Å². The van der Waals surface area contributed by atoms with Crippen LogP contribution in [0.1, 0.15) is 423 Å². The molecule has 147 heavy (non-hydrogen) atoms. The van der Waals surface area contributed by atoms with Gasteiger partial charge in [-0.1, -0.05) is 228 Å². The fourth-order valence-electron chi connectivity index (χ4n) is 40.8. The number of ketones is 4. The van der Waals surface area contributed by atoms with Gasteiger partial charge < -0.3 is 49.2 Å². The molecule has 2 bridgehead atoms. The Labute approximate surface area is 877 Å². The van der Waals surface area contributed by atoms with Crippen LogP contribution < -0.4 is 0 Å². The van der Waals surface area contributed by atoms with E-state index >= 15 is 0 Å². The Morgan fingerprint density at radius 1 is 0.395 bits per heavy atom. The van der Waals surface area contributed by atoms with Crippen molar-refractivity contribution < 1.29 is 87.5 Å². The summed E-state index contributed by atoms with van der Waals surface area (Å²) in [5.41, 5.74) is -4.66. The number of aliphatic hydroxyl groups excluding tert-OH is 2. The first kappa shape index (κ1) is 112. The van der Waals surface area contributed by atoms with Crippen LogP contribution in [0.5, 0.6) is 0 Å². The van der Waals surface area contributed by atoms with Crippen LogP contribution in [0.25, 0.3) is 9.69 Å². The summed E-state index contributed by atoms with van der Waals surface area (Å²) >= 11 is 0. The molecular formula is C125H180N4O18. The lowest BCUT2D eigenvalue weighted by Gasteiger charge is -2.71. The highest BCUT2D eigenvalue weighted by atomic mass is 16.6. The maximum absolute atomic E-state index is 14.5. The van der Waals surface area contributed by atoms with Crippen LogP contribution >= 0.6 is 0 Å². The smallest absolute Gasteiger partial charge is 0.313 e. The Kier molecular flexibility index (Phi) is 26.0. The highest BCUT2D eigenvalue weighted by Gasteiger charge is 2.85. The number of nitrogens with zero attached hydrogens (tertiary/aromatic N) is 4. The monoisotopic (exact) mass is 2030 g/mol. The van der Waals surface area contributed by atoms with Crippen LogP contribution in [-0.4, -0.2) is 112 Å². The second kappa shape index (κ2) is 34.2. The molecule has 0 unspecified atom stereocenters. The second-order valence-electron chi connectivity index (χ2n) is 57.5. The number of rotatable bonds is 3. The molecule has 808 valence electrons. The molecule has 1 spiro atoms. The van der Waals surface area contributed by atoms with Crippen LogP contribution in [-0.2, 0) is 60.7 Å². The number of carboxylic acids is 2. The fourth-order valence-corrected chi connectivity index (χ4v) is 40.8. The van der Waals surface area contributed by atoms with E-state index in [2.05, 4.69) is 165 Å². The van der Waals surface area contributed by atoms with Gasteiger partial charge in [0.25, 0.3) is 0 Å².